The fourth-order valence-corrected chi connectivity index (χ4v) is 2.83. The van der Waals surface area contributed by atoms with Gasteiger partial charge in [-0.1, -0.05) is 44.2 Å². The molecule has 4 nitrogen and oxygen atoms in total. The maximum atomic E-state index is 12.2. The lowest BCUT2D eigenvalue weighted by atomic mass is 9.93. The predicted molar refractivity (Wildman–Crippen MR) is 79.5 cm³/mol. The number of carbonyl (C=O) groups is 1. The van der Waals surface area contributed by atoms with Crippen LogP contribution in [0.2, 0.25) is 0 Å². The minimum Gasteiger partial charge on any atom is -0.386 e. The maximum Gasteiger partial charge on any atom is 0.270 e. The lowest BCUT2D eigenvalue weighted by molar-refractivity contribution is -0.114. The summed E-state index contributed by atoms with van der Waals surface area (Å²) in [5.74, 6) is 0.280. The highest BCUT2D eigenvalue weighted by atomic mass is 16.2. The molecule has 0 aliphatic carbocycles. The van der Waals surface area contributed by atoms with Gasteiger partial charge in [0.1, 0.15) is 5.71 Å². The second kappa shape index (κ2) is 5.12. The first kappa shape index (κ1) is 12.9. The third-order valence-corrected chi connectivity index (χ3v) is 3.73. The van der Waals surface area contributed by atoms with Crippen LogP contribution in [0.15, 0.2) is 46.6 Å². The van der Waals surface area contributed by atoms with Gasteiger partial charge in [0.25, 0.3) is 5.91 Å². The Morgan fingerprint density at radius 2 is 2.00 bits per heavy atom. The lowest BCUT2D eigenvalue weighted by Crippen LogP contribution is -2.24. The summed E-state index contributed by atoms with van der Waals surface area (Å²) >= 11 is 0. The number of benzene rings is 1. The molecule has 0 bridgehead atoms. The summed E-state index contributed by atoms with van der Waals surface area (Å²) in [6.07, 6.45) is 0. The van der Waals surface area contributed by atoms with Crippen LogP contribution >= 0.6 is 0 Å². The Labute approximate surface area is 119 Å². The first-order valence-electron chi connectivity index (χ1n) is 7.07. The number of nitrogens with one attached hydrogen (secondary N) is 2. The van der Waals surface area contributed by atoms with Crippen molar-refractivity contribution in [2.24, 2.45) is 10.9 Å². The standard InChI is InChI=1S/C16H19N3O/c1-10(2)13-12-14(11-6-4-3-5-7-11)19-16(20)15(12)18-9-8-17-13/h3-7,10,14,17H,8-9H2,1-2H3,(H,19,20). The molecular formula is C16H19N3O. The largest absolute Gasteiger partial charge is 0.386 e. The normalized spacial score (nSPS) is 22.1. The molecule has 104 valence electrons. The maximum absolute atomic E-state index is 12.2. The summed E-state index contributed by atoms with van der Waals surface area (Å²) in [4.78, 5) is 16.7. The lowest BCUT2D eigenvalue weighted by Gasteiger charge is -2.20. The summed E-state index contributed by atoms with van der Waals surface area (Å²) in [7, 11) is 0. The summed E-state index contributed by atoms with van der Waals surface area (Å²) in [5, 5.41) is 6.50. The van der Waals surface area contributed by atoms with Crippen molar-refractivity contribution in [2.45, 2.75) is 19.9 Å². The van der Waals surface area contributed by atoms with E-state index < -0.39 is 0 Å². The average molecular weight is 269 g/mol. The number of hydrogen-bond donors (Lipinski definition) is 2. The fourth-order valence-electron chi connectivity index (χ4n) is 2.83. The van der Waals surface area contributed by atoms with Crippen LogP contribution in [-0.2, 0) is 4.79 Å². The smallest absolute Gasteiger partial charge is 0.270 e. The number of fused-ring (bicyclic) bond motifs is 1. The molecule has 2 aliphatic rings. The van der Waals surface area contributed by atoms with Gasteiger partial charge in [-0.05, 0) is 11.5 Å². The second-order valence-corrected chi connectivity index (χ2v) is 5.46. The Balaban J connectivity index is 2.14. The highest BCUT2D eigenvalue weighted by Crippen LogP contribution is 2.32. The summed E-state index contributed by atoms with van der Waals surface area (Å²) in [5.41, 5.74) is 3.86. The Kier molecular flexibility index (Phi) is 3.30. The minimum atomic E-state index is -0.0922. The van der Waals surface area contributed by atoms with Gasteiger partial charge in [0, 0.05) is 17.8 Å². The molecule has 1 unspecified atom stereocenters. The van der Waals surface area contributed by atoms with Gasteiger partial charge in [0.15, 0.2) is 0 Å². The van der Waals surface area contributed by atoms with Gasteiger partial charge in [0.05, 0.1) is 12.6 Å². The van der Waals surface area contributed by atoms with E-state index in [2.05, 4.69) is 29.5 Å². The number of amides is 1. The number of allylic oxidation sites excluding steroid dienone is 1. The number of nitrogens with zero attached hydrogens (tertiary/aromatic N) is 1. The van der Waals surface area contributed by atoms with E-state index in [0.717, 1.165) is 23.4 Å². The van der Waals surface area contributed by atoms with Crippen molar-refractivity contribution in [3.63, 3.8) is 0 Å². The van der Waals surface area contributed by atoms with E-state index in [9.17, 15) is 4.79 Å². The first-order valence-corrected chi connectivity index (χ1v) is 7.07. The summed E-state index contributed by atoms with van der Waals surface area (Å²) in [6.45, 7) is 5.71. The molecule has 0 aromatic heterocycles. The third-order valence-electron chi connectivity index (χ3n) is 3.73. The molecule has 3 rings (SSSR count). The molecule has 1 saturated heterocycles. The zero-order valence-corrected chi connectivity index (χ0v) is 11.8. The third kappa shape index (κ3) is 2.11. The predicted octanol–water partition coefficient (Wildman–Crippen LogP) is 1.81. The van der Waals surface area contributed by atoms with Gasteiger partial charge in [-0.3, -0.25) is 9.79 Å². The molecule has 1 aromatic carbocycles. The van der Waals surface area contributed by atoms with E-state index in [-0.39, 0.29) is 11.9 Å². The van der Waals surface area contributed by atoms with Crippen LogP contribution in [0.3, 0.4) is 0 Å². The van der Waals surface area contributed by atoms with Gasteiger partial charge >= 0.3 is 0 Å². The Hall–Kier alpha value is -2.10. The molecule has 2 heterocycles. The Bertz CT molecular complexity index is 587. The number of aliphatic imine (C=N–C) groups is 1. The van der Waals surface area contributed by atoms with E-state index in [4.69, 9.17) is 0 Å². The average Bonchev–Trinajstić information content (AvgIpc) is 2.64. The molecule has 2 N–H and O–H groups in total. The quantitative estimate of drug-likeness (QED) is 0.860. The van der Waals surface area contributed by atoms with Crippen LogP contribution in [-0.4, -0.2) is 24.7 Å². The van der Waals surface area contributed by atoms with Crippen molar-refractivity contribution < 1.29 is 4.79 Å². The number of carbonyl (C=O) groups excluding carboxylic acids is 1. The number of rotatable bonds is 2. The highest BCUT2D eigenvalue weighted by molar-refractivity contribution is 6.48. The van der Waals surface area contributed by atoms with E-state index in [0.29, 0.717) is 18.2 Å². The van der Waals surface area contributed by atoms with E-state index in [1.54, 1.807) is 0 Å². The molecule has 0 saturated carbocycles. The zero-order valence-electron chi connectivity index (χ0n) is 11.8. The van der Waals surface area contributed by atoms with Crippen LogP contribution in [0, 0.1) is 5.92 Å². The number of hydrogen-bond acceptors (Lipinski definition) is 3. The molecule has 20 heavy (non-hydrogen) atoms. The van der Waals surface area contributed by atoms with Gasteiger partial charge < -0.3 is 10.6 Å². The van der Waals surface area contributed by atoms with Crippen LogP contribution < -0.4 is 10.6 Å². The zero-order chi connectivity index (χ0) is 14.1. The summed E-state index contributed by atoms with van der Waals surface area (Å²) < 4.78 is 0. The van der Waals surface area contributed by atoms with Crippen molar-refractivity contribution in [1.82, 2.24) is 10.6 Å². The SMILES string of the molecule is CC(C)C1=C2C(=NCCN1)C(=O)NC2c1ccccc1. The van der Waals surface area contributed by atoms with Crippen molar-refractivity contribution >= 4 is 11.6 Å². The van der Waals surface area contributed by atoms with Gasteiger partial charge in [-0.15, -0.1) is 0 Å². The van der Waals surface area contributed by atoms with Crippen molar-refractivity contribution in [1.29, 1.82) is 0 Å². The van der Waals surface area contributed by atoms with Crippen molar-refractivity contribution in [3.05, 3.63) is 47.2 Å². The molecule has 2 aliphatic heterocycles. The van der Waals surface area contributed by atoms with Gasteiger partial charge in [-0.25, -0.2) is 0 Å². The van der Waals surface area contributed by atoms with E-state index >= 15 is 0 Å². The van der Waals surface area contributed by atoms with Crippen LogP contribution in [0.1, 0.15) is 25.5 Å². The monoisotopic (exact) mass is 269 g/mol. The molecular weight excluding hydrogens is 250 g/mol. The van der Waals surface area contributed by atoms with Gasteiger partial charge in [0.2, 0.25) is 0 Å². The van der Waals surface area contributed by atoms with E-state index in [1.807, 2.05) is 30.3 Å². The topological polar surface area (TPSA) is 53.5 Å². The van der Waals surface area contributed by atoms with Crippen molar-refractivity contribution in [3.8, 4) is 0 Å². The molecule has 1 aromatic rings. The minimum absolute atomic E-state index is 0.0595. The van der Waals surface area contributed by atoms with E-state index in [1.165, 1.54) is 0 Å². The molecule has 4 heteroatoms. The first-order chi connectivity index (χ1) is 9.68. The van der Waals surface area contributed by atoms with Gasteiger partial charge in [-0.2, -0.15) is 0 Å². The van der Waals surface area contributed by atoms with Crippen LogP contribution in [0.5, 0.6) is 0 Å². The van der Waals surface area contributed by atoms with Crippen molar-refractivity contribution in [2.75, 3.05) is 13.1 Å². The second-order valence-electron chi connectivity index (χ2n) is 5.46. The van der Waals surface area contributed by atoms with Crippen LogP contribution in [0.25, 0.3) is 0 Å². The molecule has 1 atom stereocenters. The Morgan fingerprint density at radius 3 is 2.70 bits per heavy atom. The molecule has 0 spiro atoms. The molecule has 1 amide bonds. The van der Waals surface area contributed by atoms with Crippen LogP contribution in [0.4, 0.5) is 0 Å². The highest BCUT2D eigenvalue weighted by Gasteiger charge is 2.37. The summed E-state index contributed by atoms with van der Waals surface area (Å²) in [6, 6.07) is 9.98. The fraction of sp³-hybridized carbons (Fsp3) is 0.375. The molecule has 0 radical (unpaired) electrons. The molecule has 1 fully saturated rings. The Morgan fingerprint density at radius 1 is 1.25 bits per heavy atom.